The van der Waals surface area contributed by atoms with Crippen molar-refractivity contribution in [2.45, 2.75) is 11.4 Å². The minimum absolute atomic E-state index is 0. The van der Waals surface area contributed by atoms with Gasteiger partial charge in [0, 0.05) is 0 Å². The molecule has 0 aliphatic heterocycles. The lowest BCUT2D eigenvalue weighted by Crippen LogP contribution is -2.15. The summed E-state index contributed by atoms with van der Waals surface area (Å²) in [5.41, 5.74) is -0.0914. The average molecular weight is 351 g/mol. The summed E-state index contributed by atoms with van der Waals surface area (Å²) in [5.74, 6) is -0.725. The quantitative estimate of drug-likeness (QED) is 0.758. The first kappa shape index (κ1) is 18.0. The molecule has 22 heavy (non-hydrogen) atoms. The molecule has 2 rings (SSSR count). The highest BCUT2D eigenvalue weighted by Crippen LogP contribution is 2.28. The normalized spacial score (nSPS) is 10.8. The molecule has 4 N–H and O–H groups in total. The zero-order valence-corrected chi connectivity index (χ0v) is 12.5. The van der Waals surface area contributed by atoms with Crippen LogP contribution in [0, 0.1) is 0 Å². The lowest BCUT2D eigenvalue weighted by molar-refractivity contribution is 0.0697. The monoisotopic (exact) mass is 350 g/mol. The van der Waals surface area contributed by atoms with Crippen LogP contribution < -0.4 is 10.5 Å². The van der Waals surface area contributed by atoms with Crippen molar-refractivity contribution in [2.24, 2.45) is 5.14 Å². The Morgan fingerprint density at radius 1 is 1.41 bits per heavy atom. The third-order valence-corrected chi connectivity index (χ3v) is 4.02. The summed E-state index contributed by atoms with van der Waals surface area (Å²) in [4.78, 5) is 10.8. The van der Waals surface area contributed by atoms with Gasteiger partial charge >= 0.3 is 5.97 Å². The van der Waals surface area contributed by atoms with Gasteiger partial charge in [-0.3, -0.25) is 4.70 Å². The number of aromatic carboxylic acids is 1. The Hall–Kier alpha value is -2.10. The van der Waals surface area contributed by atoms with Crippen LogP contribution >= 0.6 is 11.6 Å². The Bertz CT molecular complexity index is 777. The summed E-state index contributed by atoms with van der Waals surface area (Å²) < 4.78 is 27.8. The molecule has 0 saturated heterocycles. The minimum atomic E-state index is -4.11. The van der Waals surface area contributed by atoms with Crippen LogP contribution in [0.1, 0.15) is 16.1 Å². The van der Waals surface area contributed by atoms with Crippen molar-refractivity contribution < 1.29 is 27.4 Å². The molecule has 0 bridgehead atoms. The Morgan fingerprint density at radius 2 is 2.09 bits per heavy atom. The summed E-state index contributed by atoms with van der Waals surface area (Å²) in [7, 11) is -4.11. The van der Waals surface area contributed by atoms with Gasteiger partial charge in [-0.25, -0.2) is 18.4 Å². The maximum absolute atomic E-state index is 11.3. The van der Waals surface area contributed by atoms with Crippen LogP contribution in [0.4, 0.5) is 10.4 Å². The van der Waals surface area contributed by atoms with E-state index in [1.54, 1.807) is 12.1 Å². The van der Waals surface area contributed by atoms with Crippen LogP contribution in [0.2, 0.25) is 5.02 Å². The first-order valence-electron chi connectivity index (χ1n) is 5.65. The molecule has 0 radical (unpaired) electrons. The van der Waals surface area contributed by atoms with Crippen LogP contribution in [0.25, 0.3) is 0 Å². The molecule has 7 nitrogen and oxygen atoms in total. The molecule has 0 spiro atoms. The molecule has 1 heterocycles. The molecule has 0 unspecified atom stereocenters. The lowest BCUT2D eigenvalue weighted by Gasteiger charge is -2.11. The lowest BCUT2D eigenvalue weighted by atomic mass is 10.1. The van der Waals surface area contributed by atoms with E-state index in [-0.39, 0.29) is 27.5 Å². The van der Waals surface area contributed by atoms with Gasteiger partial charge in [-0.05, 0) is 24.3 Å². The van der Waals surface area contributed by atoms with Gasteiger partial charge < -0.3 is 14.8 Å². The Kier molecular flexibility index (Phi) is 5.53. The Labute approximate surface area is 130 Å². The number of halogens is 2. The molecular formula is C12H12ClFN2O5S. The molecule has 0 atom stereocenters. The van der Waals surface area contributed by atoms with Gasteiger partial charge in [0.2, 0.25) is 10.0 Å². The summed E-state index contributed by atoms with van der Waals surface area (Å²) in [5, 5.41) is 16.8. The standard InChI is InChI=1S/C12H11ClN2O5S.FH/c13-9-5-10(15-6-7-2-1-3-20-7)8(12(16)17)4-11(9)21(14,18)19;/h1-5,15H,6H2,(H,16,17)(H2,14,18,19);1H. The molecule has 0 amide bonds. The van der Waals surface area contributed by atoms with Crippen molar-refractivity contribution >= 4 is 33.3 Å². The number of nitrogens with two attached hydrogens (primary N) is 1. The largest absolute Gasteiger partial charge is 0.478 e. The number of sulfonamides is 1. The van der Waals surface area contributed by atoms with E-state index in [9.17, 15) is 13.2 Å². The molecule has 120 valence electrons. The number of rotatable bonds is 5. The van der Waals surface area contributed by atoms with Crippen molar-refractivity contribution in [2.75, 3.05) is 5.32 Å². The van der Waals surface area contributed by atoms with E-state index >= 15 is 0 Å². The molecule has 0 saturated carbocycles. The van der Waals surface area contributed by atoms with Crippen molar-refractivity contribution in [1.82, 2.24) is 0 Å². The zero-order valence-electron chi connectivity index (χ0n) is 10.9. The SMILES string of the molecule is F.NS(=O)(=O)c1cc(C(=O)O)c(NCc2ccco2)cc1Cl. The average Bonchev–Trinajstić information content (AvgIpc) is 2.87. The second kappa shape index (κ2) is 6.77. The van der Waals surface area contributed by atoms with Crippen LogP contribution in [0.5, 0.6) is 0 Å². The second-order valence-electron chi connectivity index (χ2n) is 4.11. The van der Waals surface area contributed by atoms with Crippen LogP contribution in [-0.4, -0.2) is 19.5 Å². The van der Waals surface area contributed by atoms with E-state index < -0.39 is 20.9 Å². The fourth-order valence-corrected chi connectivity index (χ4v) is 2.79. The van der Waals surface area contributed by atoms with E-state index in [0.717, 1.165) is 6.07 Å². The minimum Gasteiger partial charge on any atom is -0.478 e. The fourth-order valence-electron chi connectivity index (χ4n) is 1.69. The third-order valence-electron chi connectivity index (χ3n) is 2.64. The van der Waals surface area contributed by atoms with Crippen molar-refractivity contribution in [3.8, 4) is 0 Å². The van der Waals surface area contributed by atoms with Crippen LogP contribution in [0.15, 0.2) is 39.8 Å². The molecule has 1 aromatic heterocycles. The molecule has 0 aliphatic rings. The first-order valence-corrected chi connectivity index (χ1v) is 7.57. The van der Waals surface area contributed by atoms with Crippen LogP contribution in [-0.2, 0) is 16.6 Å². The van der Waals surface area contributed by atoms with Gasteiger partial charge in [0.1, 0.15) is 10.7 Å². The van der Waals surface area contributed by atoms with Gasteiger partial charge in [-0.2, -0.15) is 0 Å². The van der Waals surface area contributed by atoms with Crippen LogP contribution in [0.3, 0.4) is 0 Å². The molecule has 0 fully saturated rings. The fraction of sp³-hybridized carbons (Fsp3) is 0.0833. The van der Waals surface area contributed by atoms with Crippen molar-refractivity contribution in [3.05, 3.63) is 46.9 Å². The maximum Gasteiger partial charge on any atom is 0.337 e. The molecule has 2 aromatic rings. The topological polar surface area (TPSA) is 123 Å². The van der Waals surface area contributed by atoms with E-state index in [1.807, 2.05) is 0 Å². The summed E-state index contributed by atoms with van der Waals surface area (Å²) in [6.45, 7) is 0.221. The Balaban J connectivity index is 0.00000242. The predicted octanol–water partition coefficient (Wildman–Crippen LogP) is 2.04. The molecule has 1 aromatic carbocycles. The predicted molar refractivity (Wildman–Crippen MR) is 78.3 cm³/mol. The van der Waals surface area contributed by atoms with Crippen molar-refractivity contribution in [1.29, 1.82) is 0 Å². The number of benzene rings is 1. The zero-order chi connectivity index (χ0) is 15.6. The molecule has 0 aliphatic carbocycles. The van der Waals surface area contributed by atoms with E-state index in [2.05, 4.69) is 5.32 Å². The van der Waals surface area contributed by atoms with Gasteiger partial charge in [0.15, 0.2) is 0 Å². The number of carboxylic acids is 1. The highest BCUT2D eigenvalue weighted by Gasteiger charge is 2.20. The van der Waals surface area contributed by atoms with Gasteiger partial charge in [-0.15, -0.1) is 0 Å². The number of nitrogens with one attached hydrogen (secondary N) is 1. The molecular weight excluding hydrogens is 339 g/mol. The summed E-state index contributed by atoms with van der Waals surface area (Å²) >= 11 is 5.84. The second-order valence-corrected chi connectivity index (χ2v) is 6.05. The Morgan fingerprint density at radius 3 is 2.59 bits per heavy atom. The number of primary sulfonamides is 1. The van der Waals surface area contributed by atoms with E-state index in [4.69, 9.17) is 26.3 Å². The number of hydrogen-bond donors (Lipinski definition) is 3. The number of carbonyl (C=O) groups is 1. The van der Waals surface area contributed by atoms with Gasteiger partial charge in [0.25, 0.3) is 0 Å². The summed E-state index contributed by atoms with van der Waals surface area (Å²) in [6.07, 6.45) is 1.48. The summed E-state index contributed by atoms with van der Waals surface area (Å²) in [6, 6.07) is 5.51. The van der Waals surface area contributed by atoms with Gasteiger partial charge in [0.05, 0.1) is 29.1 Å². The molecule has 10 heteroatoms. The van der Waals surface area contributed by atoms with E-state index in [0.29, 0.717) is 5.76 Å². The number of anilines is 1. The maximum atomic E-state index is 11.3. The highest BCUT2D eigenvalue weighted by molar-refractivity contribution is 7.89. The van der Waals surface area contributed by atoms with E-state index in [1.165, 1.54) is 12.3 Å². The number of hydrogen-bond acceptors (Lipinski definition) is 5. The van der Waals surface area contributed by atoms with Crippen molar-refractivity contribution in [3.63, 3.8) is 0 Å². The highest BCUT2D eigenvalue weighted by atomic mass is 35.5. The number of carboxylic acid groups (broad SMARTS) is 1. The number of furan rings is 1. The first-order chi connectivity index (χ1) is 9.79. The smallest absolute Gasteiger partial charge is 0.337 e. The van der Waals surface area contributed by atoms with Gasteiger partial charge in [-0.1, -0.05) is 11.6 Å². The third kappa shape index (κ3) is 3.97.